The SMILES string of the molecule is CN1CCCC(Oc2ccc3ncc(-c4cccc(-c5ccccc5)c4)n3n2)C1. The number of ether oxygens (including phenoxy) is 1. The van der Waals surface area contributed by atoms with Gasteiger partial charge in [-0.05, 0) is 49.7 Å². The molecule has 0 radical (unpaired) electrons. The number of hydrogen-bond donors (Lipinski definition) is 0. The van der Waals surface area contributed by atoms with Crippen molar-refractivity contribution in [2.24, 2.45) is 0 Å². The molecule has 146 valence electrons. The fraction of sp³-hybridized carbons (Fsp3) is 0.250. The Balaban J connectivity index is 1.48. The number of fused-ring (bicyclic) bond motifs is 1. The monoisotopic (exact) mass is 384 g/mol. The van der Waals surface area contributed by atoms with Crippen LogP contribution < -0.4 is 4.74 Å². The van der Waals surface area contributed by atoms with Gasteiger partial charge in [0.1, 0.15) is 6.10 Å². The molecular formula is C24H24N4O. The number of likely N-dealkylation sites (N-methyl/N-ethyl adjacent to an activating group) is 1. The summed E-state index contributed by atoms with van der Waals surface area (Å²) < 4.78 is 8.07. The second-order valence-corrected chi connectivity index (χ2v) is 7.68. The van der Waals surface area contributed by atoms with Gasteiger partial charge in [-0.25, -0.2) is 9.50 Å². The van der Waals surface area contributed by atoms with Crippen molar-refractivity contribution in [2.45, 2.75) is 18.9 Å². The van der Waals surface area contributed by atoms with Crippen LogP contribution in [0.1, 0.15) is 12.8 Å². The summed E-state index contributed by atoms with van der Waals surface area (Å²) in [6.45, 7) is 2.07. The number of hydrogen-bond acceptors (Lipinski definition) is 4. The van der Waals surface area contributed by atoms with E-state index in [0.717, 1.165) is 42.8 Å². The van der Waals surface area contributed by atoms with Crippen LogP contribution in [0.5, 0.6) is 5.88 Å². The second kappa shape index (κ2) is 7.68. The molecule has 5 heteroatoms. The Kier molecular flexibility index (Phi) is 4.74. The van der Waals surface area contributed by atoms with Gasteiger partial charge in [0, 0.05) is 18.2 Å². The van der Waals surface area contributed by atoms with E-state index in [1.165, 1.54) is 11.1 Å². The summed E-state index contributed by atoms with van der Waals surface area (Å²) >= 11 is 0. The lowest BCUT2D eigenvalue weighted by atomic mass is 10.0. The number of benzene rings is 2. The van der Waals surface area contributed by atoms with Crippen molar-refractivity contribution in [3.8, 4) is 28.3 Å². The van der Waals surface area contributed by atoms with Crippen molar-refractivity contribution >= 4 is 5.65 Å². The topological polar surface area (TPSA) is 42.7 Å². The predicted molar refractivity (Wildman–Crippen MR) is 115 cm³/mol. The van der Waals surface area contributed by atoms with Gasteiger partial charge in [0.25, 0.3) is 0 Å². The Bertz CT molecular complexity index is 1120. The molecule has 1 atom stereocenters. The molecule has 0 aliphatic carbocycles. The molecule has 1 aliphatic heterocycles. The largest absolute Gasteiger partial charge is 0.472 e. The lowest BCUT2D eigenvalue weighted by molar-refractivity contribution is 0.0988. The molecule has 1 saturated heterocycles. The van der Waals surface area contributed by atoms with Gasteiger partial charge < -0.3 is 9.64 Å². The Hall–Kier alpha value is -3.18. The molecule has 2 aromatic heterocycles. The maximum atomic E-state index is 6.19. The first-order valence-electron chi connectivity index (χ1n) is 10.1. The minimum absolute atomic E-state index is 0.187. The smallest absolute Gasteiger partial charge is 0.232 e. The van der Waals surface area contributed by atoms with Crippen LogP contribution in [0.2, 0.25) is 0 Å². The van der Waals surface area contributed by atoms with Crippen molar-refractivity contribution in [1.82, 2.24) is 19.5 Å². The molecule has 0 bridgehead atoms. The summed E-state index contributed by atoms with van der Waals surface area (Å²) in [6.07, 6.45) is 4.29. The predicted octanol–water partition coefficient (Wildman–Crippen LogP) is 4.54. The Morgan fingerprint density at radius 1 is 0.931 bits per heavy atom. The van der Waals surface area contributed by atoms with E-state index in [9.17, 15) is 0 Å². The summed E-state index contributed by atoms with van der Waals surface area (Å²) in [4.78, 5) is 6.84. The number of aromatic nitrogens is 3. The van der Waals surface area contributed by atoms with E-state index in [0.29, 0.717) is 5.88 Å². The van der Waals surface area contributed by atoms with Crippen LogP contribution in [0.3, 0.4) is 0 Å². The summed E-state index contributed by atoms with van der Waals surface area (Å²) in [6, 6.07) is 22.8. The third-order valence-corrected chi connectivity index (χ3v) is 5.47. The second-order valence-electron chi connectivity index (χ2n) is 7.68. The third-order valence-electron chi connectivity index (χ3n) is 5.47. The zero-order chi connectivity index (χ0) is 19.6. The molecule has 1 unspecified atom stereocenters. The number of rotatable bonds is 4. The van der Waals surface area contributed by atoms with Gasteiger partial charge in [0.05, 0.1) is 11.9 Å². The maximum absolute atomic E-state index is 6.19. The van der Waals surface area contributed by atoms with E-state index in [4.69, 9.17) is 9.84 Å². The van der Waals surface area contributed by atoms with Gasteiger partial charge in [-0.15, -0.1) is 5.10 Å². The number of nitrogens with zero attached hydrogens (tertiary/aromatic N) is 4. The number of imidazole rings is 1. The quantitative estimate of drug-likeness (QED) is 0.518. The van der Waals surface area contributed by atoms with Crippen molar-refractivity contribution in [3.05, 3.63) is 72.9 Å². The third kappa shape index (κ3) is 3.74. The van der Waals surface area contributed by atoms with Crippen molar-refractivity contribution in [1.29, 1.82) is 0 Å². The summed E-state index contributed by atoms with van der Waals surface area (Å²) in [5, 5.41) is 4.75. The molecule has 3 heterocycles. The normalized spacial score (nSPS) is 17.5. The van der Waals surface area contributed by atoms with E-state index in [-0.39, 0.29) is 6.10 Å². The van der Waals surface area contributed by atoms with Gasteiger partial charge in [-0.1, -0.05) is 48.5 Å². The zero-order valence-electron chi connectivity index (χ0n) is 16.5. The Labute approximate surface area is 170 Å². The lowest BCUT2D eigenvalue weighted by Crippen LogP contribution is -2.38. The van der Waals surface area contributed by atoms with E-state index in [1.54, 1.807) is 0 Å². The molecule has 0 saturated carbocycles. The van der Waals surface area contributed by atoms with Gasteiger partial charge in [-0.3, -0.25) is 0 Å². The highest BCUT2D eigenvalue weighted by atomic mass is 16.5. The highest BCUT2D eigenvalue weighted by molar-refractivity contribution is 5.72. The Morgan fingerprint density at radius 3 is 2.62 bits per heavy atom. The first kappa shape index (κ1) is 17.9. The minimum Gasteiger partial charge on any atom is -0.472 e. The average molecular weight is 384 g/mol. The zero-order valence-corrected chi connectivity index (χ0v) is 16.5. The van der Waals surface area contributed by atoms with Crippen LogP contribution in [0.4, 0.5) is 0 Å². The van der Waals surface area contributed by atoms with Crippen LogP contribution in [-0.2, 0) is 0 Å². The van der Waals surface area contributed by atoms with Gasteiger partial charge >= 0.3 is 0 Å². The van der Waals surface area contributed by atoms with Gasteiger partial charge in [-0.2, -0.15) is 0 Å². The molecule has 0 N–H and O–H groups in total. The lowest BCUT2D eigenvalue weighted by Gasteiger charge is -2.29. The molecule has 5 nitrogen and oxygen atoms in total. The number of piperidine rings is 1. The molecule has 0 amide bonds. The first-order chi connectivity index (χ1) is 14.3. The standard InChI is InChI=1S/C24H24N4O/c1-27-14-6-11-21(17-27)29-24-13-12-23-25-16-22(28(23)26-24)20-10-5-9-19(15-20)18-7-3-2-4-8-18/h2-5,7-10,12-13,15-16,21H,6,11,14,17H2,1H3. The molecule has 0 spiro atoms. The molecule has 2 aromatic carbocycles. The van der Waals surface area contributed by atoms with Crippen molar-refractivity contribution < 1.29 is 4.74 Å². The van der Waals surface area contributed by atoms with Crippen LogP contribution >= 0.6 is 0 Å². The number of likely N-dealkylation sites (tertiary alicyclic amines) is 1. The van der Waals surface area contributed by atoms with E-state index in [2.05, 4.69) is 65.5 Å². The van der Waals surface area contributed by atoms with Crippen LogP contribution in [0.15, 0.2) is 72.9 Å². The summed E-state index contributed by atoms with van der Waals surface area (Å²) in [5.74, 6) is 0.649. The van der Waals surface area contributed by atoms with Crippen molar-refractivity contribution in [3.63, 3.8) is 0 Å². The molecular weight excluding hydrogens is 360 g/mol. The first-order valence-corrected chi connectivity index (χ1v) is 10.1. The van der Waals surface area contributed by atoms with Gasteiger partial charge in [0.2, 0.25) is 5.88 Å². The molecule has 29 heavy (non-hydrogen) atoms. The molecule has 5 rings (SSSR count). The molecule has 4 aromatic rings. The molecule has 1 aliphatic rings. The van der Waals surface area contributed by atoms with Crippen molar-refractivity contribution in [2.75, 3.05) is 20.1 Å². The molecule has 1 fully saturated rings. The minimum atomic E-state index is 0.187. The van der Waals surface area contributed by atoms with Crippen LogP contribution in [-0.4, -0.2) is 45.7 Å². The highest BCUT2D eigenvalue weighted by Gasteiger charge is 2.19. The maximum Gasteiger partial charge on any atom is 0.232 e. The fourth-order valence-corrected chi connectivity index (χ4v) is 3.99. The Morgan fingerprint density at radius 2 is 1.76 bits per heavy atom. The van der Waals surface area contributed by atoms with E-state index in [1.807, 2.05) is 28.9 Å². The average Bonchev–Trinajstić information content (AvgIpc) is 3.18. The summed E-state index contributed by atoms with van der Waals surface area (Å²) in [7, 11) is 2.14. The van der Waals surface area contributed by atoms with Gasteiger partial charge in [0.15, 0.2) is 5.65 Å². The van der Waals surface area contributed by atoms with Crippen LogP contribution in [0.25, 0.3) is 28.0 Å². The van der Waals surface area contributed by atoms with Crippen LogP contribution in [0, 0.1) is 0 Å². The van der Waals surface area contributed by atoms with E-state index >= 15 is 0 Å². The summed E-state index contributed by atoms with van der Waals surface area (Å²) in [5.41, 5.74) is 5.24. The van der Waals surface area contributed by atoms with E-state index < -0.39 is 0 Å². The highest BCUT2D eigenvalue weighted by Crippen LogP contribution is 2.27. The fourth-order valence-electron chi connectivity index (χ4n) is 3.99.